The van der Waals surface area contributed by atoms with Gasteiger partial charge in [-0.05, 0) is 24.6 Å². The summed E-state index contributed by atoms with van der Waals surface area (Å²) in [6, 6.07) is 3.74. The summed E-state index contributed by atoms with van der Waals surface area (Å²) in [6.07, 6.45) is 1.12. The summed E-state index contributed by atoms with van der Waals surface area (Å²) < 4.78 is 30.7. The molecule has 7 nitrogen and oxygen atoms in total. The highest BCUT2D eigenvalue weighted by molar-refractivity contribution is 5.90. The molecule has 0 aliphatic rings. The third-order valence-electron chi connectivity index (χ3n) is 3.28. The minimum absolute atomic E-state index is 0.0739. The Balaban J connectivity index is 2.32. The van der Waals surface area contributed by atoms with Crippen LogP contribution >= 0.6 is 0 Å². The summed E-state index contributed by atoms with van der Waals surface area (Å²) in [4.78, 5) is 25.7. The highest BCUT2D eigenvalue weighted by Crippen LogP contribution is 2.27. The van der Waals surface area contributed by atoms with Crippen LogP contribution in [0.15, 0.2) is 30.5 Å². The summed E-state index contributed by atoms with van der Waals surface area (Å²) in [5.41, 5.74) is -0.135. The minimum Gasteiger partial charge on any atom is -0.465 e. The van der Waals surface area contributed by atoms with Crippen molar-refractivity contribution in [1.82, 2.24) is 4.98 Å². The van der Waals surface area contributed by atoms with Crippen LogP contribution in [-0.4, -0.2) is 23.0 Å². The molecule has 24 heavy (non-hydrogen) atoms. The molecular formula is C15H13F2N3O4. The number of carbonyl (C=O) groups excluding carboxylic acids is 1. The van der Waals surface area contributed by atoms with E-state index in [4.69, 9.17) is 0 Å². The van der Waals surface area contributed by atoms with Gasteiger partial charge in [-0.1, -0.05) is 6.07 Å². The third-order valence-corrected chi connectivity index (χ3v) is 3.28. The molecule has 0 aliphatic heterocycles. The summed E-state index contributed by atoms with van der Waals surface area (Å²) in [5.74, 6) is -2.88. The van der Waals surface area contributed by atoms with Crippen molar-refractivity contribution in [1.29, 1.82) is 0 Å². The summed E-state index contributed by atoms with van der Waals surface area (Å²) in [7, 11) is 1.14. The molecule has 2 rings (SSSR count). The van der Waals surface area contributed by atoms with E-state index in [1.165, 1.54) is 6.07 Å². The molecule has 0 radical (unpaired) electrons. The predicted octanol–water partition coefficient (Wildman–Crippen LogP) is 3.23. The number of hydrogen-bond donors (Lipinski definition) is 1. The third kappa shape index (κ3) is 3.62. The average molecular weight is 337 g/mol. The maximum atomic E-state index is 13.3. The summed E-state index contributed by atoms with van der Waals surface area (Å²) in [5, 5.41) is 13.9. The standard InChI is InChI=1S/C15H13F2N3O4/c1-8(9-3-4-11(16)12(17)5-9)19-14-13(20(22)23)6-10(7-18-14)15(21)24-2/h3-8H,1-2H3,(H,18,19). The molecule has 1 aromatic carbocycles. The van der Waals surface area contributed by atoms with Crippen LogP contribution in [0, 0.1) is 21.7 Å². The lowest BCUT2D eigenvalue weighted by Gasteiger charge is -2.15. The van der Waals surface area contributed by atoms with Gasteiger partial charge in [-0.3, -0.25) is 10.1 Å². The number of hydrogen-bond acceptors (Lipinski definition) is 6. The molecule has 1 heterocycles. The van der Waals surface area contributed by atoms with Crippen molar-refractivity contribution in [2.75, 3.05) is 12.4 Å². The van der Waals surface area contributed by atoms with E-state index < -0.39 is 34.3 Å². The van der Waals surface area contributed by atoms with Crippen LogP contribution in [0.5, 0.6) is 0 Å². The average Bonchev–Trinajstić information content (AvgIpc) is 2.56. The topological polar surface area (TPSA) is 94.4 Å². The molecule has 2 aromatic rings. The molecule has 1 unspecified atom stereocenters. The Hall–Kier alpha value is -3.10. The van der Waals surface area contributed by atoms with E-state index in [2.05, 4.69) is 15.0 Å². The number of aromatic nitrogens is 1. The number of anilines is 1. The fourth-order valence-corrected chi connectivity index (χ4v) is 2.00. The smallest absolute Gasteiger partial charge is 0.339 e. The molecular weight excluding hydrogens is 324 g/mol. The SMILES string of the molecule is COC(=O)c1cnc(NC(C)c2ccc(F)c(F)c2)c([N+](=O)[O-])c1. The number of nitrogens with zero attached hydrogens (tertiary/aromatic N) is 2. The quantitative estimate of drug-likeness (QED) is 0.511. The number of ether oxygens (including phenoxy) is 1. The number of methoxy groups -OCH3 is 1. The summed E-state index contributed by atoms with van der Waals surface area (Å²) >= 11 is 0. The Kier molecular flexibility index (Phi) is 5.02. The molecule has 1 atom stereocenters. The second-order valence-corrected chi connectivity index (χ2v) is 4.88. The zero-order chi connectivity index (χ0) is 17.9. The molecule has 0 saturated heterocycles. The molecule has 1 N–H and O–H groups in total. The normalized spacial score (nSPS) is 11.7. The lowest BCUT2D eigenvalue weighted by atomic mass is 10.1. The number of halogens is 2. The van der Waals surface area contributed by atoms with Crippen molar-refractivity contribution in [3.63, 3.8) is 0 Å². The Labute approximate surface area is 135 Å². The first-order chi connectivity index (χ1) is 11.3. The zero-order valence-corrected chi connectivity index (χ0v) is 12.7. The first kappa shape index (κ1) is 17.3. The number of nitro groups is 1. The van der Waals surface area contributed by atoms with Gasteiger partial charge in [0.05, 0.1) is 23.6 Å². The van der Waals surface area contributed by atoms with Crippen LogP contribution in [0.25, 0.3) is 0 Å². The zero-order valence-electron chi connectivity index (χ0n) is 12.7. The van der Waals surface area contributed by atoms with Crippen molar-refractivity contribution in [2.45, 2.75) is 13.0 Å². The van der Waals surface area contributed by atoms with Gasteiger partial charge in [0.2, 0.25) is 5.82 Å². The lowest BCUT2D eigenvalue weighted by molar-refractivity contribution is -0.384. The summed E-state index contributed by atoms with van der Waals surface area (Å²) in [6.45, 7) is 1.60. The predicted molar refractivity (Wildman–Crippen MR) is 80.6 cm³/mol. The van der Waals surface area contributed by atoms with Gasteiger partial charge in [0.1, 0.15) is 0 Å². The van der Waals surface area contributed by atoms with Gasteiger partial charge in [0.15, 0.2) is 11.6 Å². The van der Waals surface area contributed by atoms with Crippen LogP contribution in [-0.2, 0) is 4.74 Å². The maximum absolute atomic E-state index is 13.3. The molecule has 0 amide bonds. The van der Waals surface area contributed by atoms with Crippen LogP contribution in [0.1, 0.15) is 28.9 Å². The lowest BCUT2D eigenvalue weighted by Crippen LogP contribution is -2.12. The van der Waals surface area contributed by atoms with E-state index in [0.717, 1.165) is 31.5 Å². The van der Waals surface area contributed by atoms with Gasteiger partial charge >= 0.3 is 11.7 Å². The monoisotopic (exact) mass is 337 g/mol. The van der Waals surface area contributed by atoms with Crippen LogP contribution < -0.4 is 5.32 Å². The van der Waals surface area contributed by atoms with Crippen LogP contribution in [0.2, 0.25) is 0 Å². The van der Waals surface area contributed by atoms with Gasteiger partial charge in [0, 0.05) is 12.3 Å². The van der Waals surface area contributed by atoms with Gasteiger partial charge in [-0.15, -0.1) is 0 Å². The second-order valence-electron chi connectivity index (χ2n) is 4.88. The van der Waals surface area contributed by atoms with E-state index >= 15 is 0 Å². The molecule has 0 fully saturated rings. The molecule has 0 bridgehead atoms. The van der Waals surface area contributed by atoms with Crippen LogP contribution in [0.3, 0.4) is 0 Å². The molecule has 0 aliphatic carbocycles. The molecule has 0 spiro atoms. The first-order valence-corrected chi connectivity index (χ1v) is 6.77. The molecule has 9 heteroatoms. The van der Waals surface area contributed by atoms with Crippen molar-refractivity contribution < 1.29 is 23.2 Å². The van der Waals surface area contributed by atoms with Crippen molar-refractivity contribution in [3.8, 4) is 0 Å². The number of pyridine rings is 1. The Bertz CT molecular complexity index is 798. The van der Waals surface area contributed by atoms with Gasteiger partial charge < -0.3 is 10.1 Å². The maximum Gasteiger partial charge on any atom is 0.339 e. The van der Waals surface area contributed by atoms with E-state index in [1.807, 2.05) is 0 Å². The van der Waals surface area contributed by atoms with Gasteiger partial charge in [-0.2, -0.15) is 0 Å². The van der Waals surface area contributed by atoms with Crippen LogP contribution in [0.4, 0.5) is 20.3 Å². The largest absolute Gasteiger partial charge is 0.465 e. The number of benzene rings is 1. The van der Waals surface area contributed by atoms with Gasteiger partial charge in [0.25, 0.3) is 0 Å². The number of carbonyl (C=O) groups is 1. The highest BCUT2D eigenvalue weighted by atomic mass is 19.2. The van der Waals surface area contributed by atoms with Gasteiger partial charge in [-0.25, -0.2) is 18.6 Å². The Morgan fingerprint density at radius 1 is 1.33 bits per heavy atom. The van der Waals surface area contributed by atoms with Crippen molar-refractivity contribution >= 4 is 17.5 Å². The van der Waals surface area contributed by atoms with E-state index in [0.29, 0.717) is 5.56 Å². The van der Waals surface area contributed by atoms with E-state index in [-0.39, 0.29) is 11.4 Å². The molecule has 1 aromatic heterocycles. The number of esters is 1. The molecule has 0 saturated carbocycles. The van der Waals surface area contributed by atoms with Crippen molar-refractivity contribution in [3.05, 3.63) is 63.3 Å². The highest BCUT2D eigenvalue weighted by Gasteiger charge is 2.21. The minimum atomic E-state index is -1.02. The fraction of sp³-hybridized carbons (Fsp3) is 0.200. The first-order valence-electron chi connectivity index (χ1n) is 6.77. The second kappa shape index (κ2) is 6.99. The Morgan fingerprint density at radius 3 is 2.62 bits per heavy atom. The number of nitrogens with one attached hydrogen (secondary N) is 1. The van der Waals surface area contributed by atoms with Crippen molar-refractivity contribution in [2.24, 2.45) is 0 Å². The fourth-order valence-electron chi connectivity index (χ4n) is 2.00. The molecule has 126 valence electrons. The van der Waals surface area contributed by atoms with E-state index in [1.54, 1.807) is 6.92 Å². The number of rotatable bonds is 5. The Morgan fingerprint density at radius 2 is 2.04 bits per heavy atom. The van der Waals surface area contributed by atoms with E-state index in [9.17, 15) is 23.7 Å².